The second-order valence-corrected chi connectivity index (χ2v) is 4.01. The minimum atomic E-state index is 0.770. The maximum Gasteiger partial charge on any atom is 0.136 e. The fourth-order valence-electron chi connectivity index (χ4n) is 0.785. The maximum absolute atomic E-state index is 5.22. The Hall–Kier alpha value is 0.200. The summed E-state index contributed by atoms with van der Waals surface area (Å²) in [6.45, 7) is 7.00. The molecule has 0 aromatic rings. The third-order valence-electron chi connectivity index (χ3n) is 1.53. The number of nitrogens with zero attached hydrogens (tertiary/aromatic N) is 1. The molecule has 0 saturated carbocycles. The predicted molar refractivity (Wildman–Crippen MR) is 59.9 cm³/mol. The summed E-state index contributed by atoms with van der Waals surface area (Å²) >= 11 is 6.91. The van der Waals surface area contributed by atoms with Crippen LogP contribution in [-0.2, 0) is 4.74 Å². The van der Waals surface area contributed by atoms with Gasteiger partial charge in [0.1, 0.15) is 4.32 Å². The molecule has 12 heavy (non-hydrogen) atoms. The molecule has 0 unspecified atom stereocenters. The van der Waals surface area contributed by atoms with E-state index in [2.05, 4.69) is 18.7 Å². The van der Waals surface area contributed by atoms with E-state index < -0.39 is 0 Å². The summed E-state index contributed by atoms with van der Waals surface area (Å²) in [6, 6.07) is 0. The fraction of sp³-hybridized carbons (Fsp3) is 0.875. The molecular weight excluding hydrogens is 190 g/mol. The zero-order valence-corrected chi connectivity index (χ0v) is 9.63. The Morgan fingerprint density at radius 3 is 2.42 bits per heavy atom. The number of thiocarbonyl (C=S) groups is 1. The van der Waals surface area contributed by atoms with Crippen molar-refractivity contribution >= 4 is 28.3 Å². The SMILES string of the molecule is CCN(CC)C(=S)SCCOC. The van der Waals surface area contributed by atoms with Crippen LogP contribution in [0.2, 0.25) is 0 Å². The van der Waals surface area contributed by atoms with Crippen LogP contribution in [0.5, 0.6) is 0 Å². The van der Waals surface area contributed by atoms with Crippen molar-refractivity contribution in [1.29, 1.82) is 0 Å². The number of hydrogen-bond donors (Lipinski definition) is 0. The first-order valence-electron chi connectivity index (χ1n) is 4.16. The van der Waals surface area contributed by atoms with E-state index in [0.717, 1.165) is 29.8 Å². The van der Waals surface area contributed by atoms with E-state index >= 15 is 0 Å². The van der Waals surface area contributed by atoms with Gasteiger partial charge in [-0.05, 0) is 13.8 Å². The molecule has 0 atom stereocenters. The quantitative estimate of drug-likeness (QED) is 0.505. The topological polar surface area (TPSA) is 12.5 Å². The number of thioether (sulfide) groups is 1. The Morgan fingerprint density at radius 2 is 2.00 bits per heavy atom. The van der Waals surface area contributed by atoms with Crippen molar-refractivity contribution in [2.75, 3.05) is 32.6 Å². The van der Waals surface area contributed by atoms with Crippen molar-refractivity contribution in [3.8, 4) is 0 Å². The number of methoxy groups -OCH3 is 1. The van der Waals surface area contributed by atoms with Crippen LogP contribution in [0, 0.1) is 0 Å². The van der Waals surface area contributed by atoms with Gasteiger partial charge < -0.3 is 9.64 Å². The lowest BCUT2D eigenvalue weighted by Crippen LogP contribution is -2.27. The molecule has 0 aromatic carbocycles. The molecule has 0 heterocycles. The van der Waals surface area contributed by atoms with Crippen LogP contribution in [0.1, 0.15) is 13.8 Å². The van der Waals surface area contributed by atoms with Gasteiger partial charge >= 0.3 is 0 Å². The molecule has 0 fully saturated rings. The Morgan fingerprint density at radius 1 is 1.42 bits per heavy atom. The lowest BCUT2D eigenvalue weighted by atomic mass is 10.6. The lowest BCUT2D eigenvalue weighted by Gasteiger charge is -2.20. The third-order valence-corrected chi connectivity index (χ3v) is 3.02. The molecule has 0 radical (unpaired) electrons. The van der Waals surface area contributed by atoms with Gasteiger partial charge in [0.2, 0.25) is 0 Å². The van der Waals surface area contributed by atoms with Gasteiger partial charge in [0.25, 0.3) is 0 Å². The summed E-state index contributed by atoms with van der Waals surface area (Å²) in [7, 11) is 1.71. The number of rotatable bonds is 5. The summed E-state index contributed by atoms with van der Waals surface area (Å²) in [5.41, 5.74) is 0. The number of hydrogen-bond acceptors (Lipinski definition) is 3. The Balaban J connectivity index is 3.54. The van der Waals surface area contributed by atoms with Crippen LogP contribution < -0.4 is 0 Å². The van der Waals surface area contributed by atoms with Gasteiger partial charge in [0.05, 0.1) is 6.61 Å². The molecule has 72 valence electrons. The highest BCUT2D eigenvalue weighted by Gasteiger charge is 2.04. The molecule has 0 aliphatic heterocycles. The number of ether oxygens (including phenoxy) is 1. The van der Waals surface area contributed by atoms with Gasteiger partial charge in [0.15, 0.2) is 0 Å². The monoisotopic (exact) mass is 207 g/mol. The summed E-state index contributed by atoms with van der Waals surface area (Å²) in [4.78, 5) is 2.18. The zero-order chi connectivity index (χ0) is 9.40. The minimum Gasteiger partial charge on any atom is -0.384 e. The van der Waals surface area contributed by atoms with Crippen LogP contribution in [0.3, 0.4) is 0 Å². The van der Waals surface area contributed by atoms with Crippen molar-refractivity contribution in [1.82, 2.24) is 4.90 Å². The zero-order valence-electron chi connectivity index (χ0n) is 8.00. The molecule has 0 aliphatic rings. The first kappa shape index (κ1) is 12.2. The molecule has 0 aliphatic carbocycles. The van der Waals surface area contributed by atoms with Gasteiger partial charge in [-0.1, -0.05) is 24.0 Å². The van der Waals surface area contributed by atoms with Crippen molar-refractivity contribution in [2.45, 2.75) is 13.8 Å². The summed E-state index contributed by atoms with van der Waals surface area (Å²) < 4.78 is 5.92. The average molecular weight is 207 g/mol. The van der Waals surface area contributed by atoms with E-state index in [4.69, 9.17) is 17.0 Å². The van der Waals surface area contributed by atoms with E-state index in [-0.39, 0.29) is 0 Å². The summed E-state index contributed by atoms with van der Waals surface area (Å²) in [5.74, 6) is 0.950. The standard InChI is InChI=1S/C8H17NOS2/c1-4-9(5-2)8(11)12-7-6-10-3/h4-7H2,1-3H3. The predicted octanol–water partition coefficient (Wildman–Crippen LogP) is 1.99. The molecule has 2 nitrogen and oxygen atoms in total. The van der Waals surface area contributed by atoms with Crippen molar-refractivity contribution in [3.05, 3.63) is 0 Å². The Labute approximate surface area is 84.6 Å². The van der Waals surface area contributed by atoms with Gasteiger partial charge in [0, 0.05) is 26.0 Å². The van der Waals surface area contributed by atoms with Gasteiger partial charge in [-0.3, -0.25) is 0 Å². The minimum absolute atomic E-state index is 0.770. The molecule has 0 saturated heterocycles. The van der Waals surface area contributed by atoms with Crippen LogP contribution >= 0.6 is 24.0 Å². The smallest absolute Gasteiger partial charge is 0.136 e. The van der Waals surface area contributed by atoms with Crippen LogP contribution in [-0.4, -0.2) is 41.8 Å². The molecule has 0 rings (SSSR count). The van der Waals surface area contributed by atoms with E-state index in [0.29, 0.717) is 0 Å². The van der Waals surface area contributed by atoms with E-state index in [1.54, 1.807) is 18.9 Å². The first-order chi connectivity index (χ1) is 5.76. The normalized spacial score (nSPS) is 9.92. The third kappa shape index (κ3) is 4.95. The molecule has 4 heteroatoms. The lowest BCUT2D eigenvalue weighted by molar-refractivity contribution is 0.219. The second kappa shape index (κ2) is 7.83. The van der Waals surface area contributed by atoms with Crippen molar-refractivity contribution < 1.29 is 4.74 Å². The molecule has 0 amide bonds. The maximum atomic E-state index is 5.22. The highest BCUT2D eigenvalue weighted by Crippen LogP contribution is 2.08. The molecular formula is C8H17NOS2. The fourth-order valence-corrected chi connectivity index (χ4v) is 2.16. The summed E-state index contributed by atoms with van der Waals surface area (Å²) in [6.07, 6.45) is 0. The Kier molecular flexibility index (Phi) is 7.96. The highest BCUT2D eigenvalue weighted by molar-refractivity contribution is 8.22. The summed E-state index contributed by atoms with van der Waals surface area (Å²) in [5, 5.41) is 0. The van der Waals surface area contributed by atoms with Crippen LogP contribution in [0.25, 0.3) is 0 Å². The van der Waals surface area contributed by atoms with Crippen LogP contribution in [0.15, 0.2) is 0 Å². The average Bonchev–Trinajstić information content (AvgIpc) is 2.07. The van der Waals surface area contributed by atoms with E-state index in [1.807, 2.05) is 0 Å². The second-order valence-electron chi connectivity index (χ2n) is 2.28. The van der Waals surface area contributed by atoms with E-state index in [9.17, 15) is 0 Å². The van der Waals surface area contributed by atoms with Gasteiger partial charge in [-0.2, -0.15) is 0 Å². The van der Waals surface area contributed by atoms with E-state index in [1.165, 1.54) is 0 Å². The largest absolute Gasteiger partial charge is 0.384 e. The van der Waals surface area contributed by atoms with Crippen LogP contribution in [0.4, 0.5) is 0 Å². The van der Waals surface area contributed by atoms with Gasteiger partial charge in [-0.15, -0.1) is 0 Å². The van der Waals surface area contributed by atoms with Gasteiger partial charge in [-0.25, -0.2) is 0 Å². The Bertz CT molecular complexity index is 126. The molecule has 0 N–H and O–H groups in total. The first-order valence-corrected chi connectivity index (χ1v) is 5.56. The molecule has 0 spiro atoms. The van der Waals surface area contributed by atoms with Crippen molar-refractivity contribution in [2.24, 2.45) is 0 Å². The molecule has 0 aromatic heterocycles. The van der Waals surface area contributed by atoms with Crippen molar-refractivity contribution in [3.63, 3.8) is 0 Å². The molecule has 0 bridgehead atoms. The highest BCUT2D eigenvalue weighted by atomic mass is 32.2.